The standard InChI is InChI=1S/C10H22N2/c1-11-8-10(9-12(2)3)6-4-5-7-10/h11H,4-9H2,1-3H3. The molecule has 2 heteroatoms. The Labute approximate surface area is 76.3 Å². The molecule has 0 unspecified atom stereocenters. The molecule has 72 valence electrons. The molecule has 0 heterocycles. The molecule has 0 aliphatic heterocycles. The lowest BCUT2D eigenvalue weighted by Gasteiger charge is -2.31. The van der Waals surface area contributed by atoms with Crippen LogP contribution >= 0.6 is 0 Å². The molecule has 1 aliphatic rings. The zero-order valence-electron chi connectivity index (χ0n) is 8.69. The topological polar surface area (TPSA) is 15.3 Å². The molecule has 1 fully saturated rings. The fraction of sp³-hybridized carbons (Fsp3) is 1.00. The highest BCUT2D eigenvalue weighted by molar-refractivity contribution is 4.87. The molecule has 2 nitrogen and oxygen atoms in total. The summed E-state index contributed by atoms with van der Waals surface area (Å²) in [5.74, 6) is 0. The molecule has 0 saturated heterocycles. The zero-order valence-corrected chi connectivity index (χ0v) is 8.69. The van der Waals surface area contributed by atoms with Crippen molar-refractivity contribution >= 4 is 0 Å². The Balaban J connectivity index is 2.46. The number of hydrogen-bond donors (Lipinski definition) is 1. The summed E-state index contributed by atoms with van der Waals surface area (Å²) in [6.07, 6.45) is 5.67. The molecule has 0 spiro atoms. The van der Waals surface area contributed by atoms with E-state index in [1.165, 1.54) is 38.8 Å². The summed E-state index contributed by atoms with van der Waals surface area (Å²) in [5, 5.41) is 3.33. The van der Waals surface area contributed by atoms with Gasteiger partial charge in [-0.05, 0) is 39.4 Å². The minimum Gasteiger partial charge on any atom is -0.319 e. The first-order chi connectivity index (χ1) is 5.68. The third kappa shape index (κ3) is 2.46. The highest BCUT2D eigenvalue weighted by atomic mass is 15.1. The van der Waals surface area contributed by atoms with Gasteiger partial charge in [-0.1, -0.05) is 12.8 Å². The van der Waals surface area contributed by atoms with Crippen molar-refractivity contribution in [3.8, 4) is 0 Å². The molecular formula is C10H22N2. The van der Waals surface area contributed by atoms with Gasteiger partial charge in [-0.2, -0.15) is 0 Å². The van der Waals surface area contributed by atoms with E-state index in [1.54, 1.807) is 0 Å². The van der Waals surface area contributed by atoms with Crippen molar-refractivity contribution in [3.63, 3.8) is 0 Å². The summed E-state index contributed by atoms with van der Waals surface area (Å²) in [6.45, 7) is 2.43. The van der Waals surface area contributed by atoms with E-state index in [9.17, 15) is 0 Å². The molecule has 0 aromatic heterocycles. The van der Waals surface area contributed by atoms with Gasteiger partial charge in [-0.15, -0.1) is 0 Å². The van der Waals surface area contributed by atoms with Gasteiger partial charge in [0.2, 0.25) is 0 Å². The number of nitrogens with zero attached hydrogens (tertiary/aromatic N) is 1. The van der Waals surface area contributed by atoms with E-state index in [0.29, 0.717) is 5.41 Å². The van der Waals surface area contributed by atoms with Crippen LogP contribution in [0.4, 0.5) is 0 Å². The van der Waals surface area contributed by atoms with Gasteiger partial charge in [0.15, 0.2) is 0 Å². The van der Waals surface area contributed by atoms with Gasteiger partial charge in [0.1, 0.15) is 0 Å². The Morgan fingerprint density at radius 3 is 2.25 bits per heavy atom. The maximum absolute atomic E-state index is 3.33. The summed E-state index contributed by atoms with van der Waals surface area (Å²) >= 11 is 0. The lowest BCUT2D eigenvalue weighted by atomic mass is 9.85. The van der Waals surface area contributed by atoms with E-state index >= 15 is 0 Å². The molecule has 0 bridgehead atoms. The van der Waals surface area contributed by atoms with Gasteiger partial charge in [-0.3, -0.25) is 0 Å². The number of hydrogen-bond acceptors (Lipinski definition) is 2. The molecule has 0 aromatic rings. The van der Waals surface area contributed by atoms with E-state index < -0.39 is 0 Å². The maximum atomic E-state index is 3.33. The third-order valence-electron chi connectivity index (χ3n) is 2.87. The quantitative estimate of drug-likeness (QED) is 0.684. The van der Waals surface area contributed by atoms with E-state index in [0.717, 1.165) is 0 Å². The Bertz CT molecular complexity index is 126. The van der Waals surface area contributed by atoms with Gasteiger partial charge in [0, 0.05) is 13.1 Å². The van der Waals surface area contributed by atoms with Crippen molar-refractivity contribution in [1.29, 1.82) is 0 Å². The second kappa shape index (κ2) is 4.24. The van der Waals surface area contributed by atoms with Crippen molar-refractivity contribution in [2.45, 2.75) is 25.7 Å². The van der Waals surface area contributed by atoms with Crippen LogP contribution < -0.4 is 5.32 Å². The fourth-order valence-electron chi connectivity index (χ4n) is 2.56. The summed E-state index contributed by atoms with van der Waals surface area (Å²) in [4.78, 5) is 2.32. The predicted octanol–water partition coefficient (Wildman–Crippen LogP) is 1.33. The van der Waals surface area contributed by atoms with E-state index in [2.05, 4.69) is 31.4 Å². The fourth-order valence-corrected chi connectivity index (χ4v) is 2.56. The van der Waals surface area contributed by atoms with Gasteiger partial charge >= 0.3 is 0 Å². The van der Waals surface area contributed by atoms with E-state index in [1.807, 2.05) is 0 Å². The minimum absolute atomic E-state index is 0.582. The summed E-state index contributed by atoms with van der Waals surface area (Å²) in [7, 11) is 6.42. The second-order valence-electron chi connectivity index (χ2n) is 4.48. The molecule has 1 saturated carbocycles. The molecule has 1 N–H and O–H groups in total. The lowest BCUT2D eigenvalue weighted by Crippen LogP contribution is -2.38. The molecule has 0 radical (unpaired) electrons. The molecule has 1 rings (SSSR count). The smallest absolute Gasteiger partial charge is 0.00440 e. The molecule has 1 aliphatic carbocycles. The lowest BCUT2D eigenvalue weighted by molar-refractivity contribution is 0.198. The summed E-state index contributed by atoms with van der Waals surface area (Å²) in [5.41, 5.74) is 0.582. The van der Waals surface area contributed by atoms with Crippen LogP contribution in [0.1, 0.15) is 25.7 Å². The number of nitrogens with one attached hydrogen (secondary N) is 1. The molecular weight excluding hydrogens is 148 g/mol. The highest BCUT2D eigenvalue weighted by Crippen LogP contribution is 2.37. The third-order valence-corrected chi connectivity index (χ3v) is 2.87. The average molecular weight is 170 g/mol. The van der Waals surface area contributed by atoms with Crippen molar-refractivity contribution < 1.29 is 0 Å². The first-order valence-corrected chi connectivity index (χ1v) is 4.98. The van der Waals surface area contributed by atoms with Crippen molar-refractivity contribution in [2.24, 2.45) is 5.41 Å². The Morgan fingerprint density at radius 2 is 1.83 bits per heavy atom. The normalized spacial score (nSPS) is 22.0. The number of rotatable bonds is 4. The molecule has 12 heavy (non-hydrogen) atoms. The zero-order chi connectivity index (χ0) is 9.03. The Hall–Kier alpha value is -0.0800. The summed E-state index contributed by atoms with van der Waals surface area (Å²) < 4.78 is 0. The van der Waals surface area contributed by atoms with Crippen molar-refractivity contribution in [3.05, 3.63) is 0 Å². The predicted molar refractivity (Wildman–Crippen MR) is 53.4 cm³/mol. The van der Waals surface area contributed by atoms with Crippen LogP contribution in [0.5, 0.6) is 0 Å². The van der Waals surface area contributed by atoms with Crippen LogP contribution in [-0.4, -0.2) is 39.1 Å². The van der Waals surface area contributed by atoms with Crippen LogP contribution in [0.15, 0.2) is 0 Å². The molecule has 0 amide bonds. The molecule has 0 aromatic carbocycles. The van der Waals surface area contributed by atoms with E-state index in [4.69, 9.17) is 0 Å². The van der Waals surface area contributed by atoms with Gasteiger partial charge in [-0.25, -0.2) is 0 Å². The summed E-state index contributed by atoms with van der Waals surface area (Å²) in [6, 6.07) is 0. The monoisotopic (exact) mass is 170 g/mol. The second-order valence-corrected chi connectivity index (χ2v) is 4.48. The van der Waals surface area contributed by atoms with Crippen LogP contribution in [0, 0.1) is 5.41 Å². The minimum atomic E-state index is 0.582. The van der Waals surface area contributed by atoms with Crippen molar-refractivity contribution in [2.75, 3.05) is 34.2 Å². The van der Waals surface area contributed by atoms with Crippen LogP contribution in [0.3, 0.4) is 0 Å². The Kier molecular flexibility index (Phi) is 3.53. The highest BCUT2D eigenvalue weighted by Gasteiger charge is 2.33. The van der Waals surface area contributed by atoms with Crippen molar-refractivity contribution in [1.82, 2.24) is 10.2 Å². The first kappa shape index (κ1) is 10.0. The average Bonchev–Trinajstić information content (AvgIpc) is 2.36. The first-order valence-electron chi connectivity index (χ1n) is 4.98. The molecule has 0 atom stereocenters. The van der Waals surface area contributed by atoms with E-state index in [-0.39, 0.29) is 0 Å². The van der Waals surface area contributed by atoms with Crippen LogP contribution in [0.2, 0.25) is 0 Å². The maximum Gasteiger partial charge on any atom is 0.00440 e. The SMILES string of the molecule is CNCC1(CN(C)C)CCCC1. The largest absolute Gasteiger partial charge is 0.319 e. The van der Waals surface area contributed by atoms with Gasteiger partial charge in [0.25, 0.3) is 0 Å². The van der Waals surface area contributed by atoms with Gasteiger partial charge < -0.3 is 10.2 Å². The van der Waals surface area contributed by atoms with Crippen LogP contribution in [-0.2, 0) is 0 Å². The van der Waals surface area contributed by atoms with Crippen LogP contribution in [0.25, 0.3) is 0 Å². The Morgan fingerprint density at radius 1 is 1.25 bits per heavy atom. The van der Waals surface area contributed by atoms with Gasteiger partial charge in [0.05, 0.1) is 0 Å².